The molecule has 0 radical (unpaired) electrons. The molecule has 0 aromatic rings. The van der Waals surface area contributed by atoms with E-state index in [0.717, 1.165) is 25.8 Å². The van der Waals surface area contributed by atoms with Gasteiger partial charge in [0.05, 0.1) is 0 Å². The first-order valence-corrected chi connectivity index (χ1v) is 6.79. The monoisotopic (exact) mass is 253 g/mol. The van der Waals surface area contributed by atoms with E-state index in [1.54, 1.807) is 4.90 Å². The van der Waals surface area contributed by atoms with Crippen molar-refractivity contribution in [3.8, 4) is 0 Å². The highest BCUT2D eigenvalue weighted by Crippen LogP contribution is 2.42. The number of nitrogens with zero attached hydrogens (tertiary/aromatic N) is 1. The average Bonchev–Trinajstić information content (AvgIpc) is 2.59. The van der Waals surface area contributed by atoms with E-state index in [-0.39, 0.29) is 11.5 Å². The maximum absolute atomic E-state index is 12.0. The van der Waals surface area contributed by atoms with E-state index in [0.29, 0.717) is 25.2 Å². The van der Waals surface area contributed by atoms with Crippen LogP contribution in [0.15, 0.2) is 0 Å². The van der Waals surface area contributed by atoms with Crippen molar-refractivity contribution in [2.24, 2.45) is 5.41 Å². The maximum Gasteiger partial charge on any atom is 0.410 e. The number of carbonyl (C=O) groups is 2. The second-order valence-electron chi connectivity index (χ2n) is 6.72. The normalized spacial score (nSPS) is 28.8. The van der Waals surface area contributed by atoms with Crippen molar-refractivity contribution >= 4 is 11.9 Å². The molecule has 1 aliphatic carbocycles. The summed E-state index contributed by atoms with van der Waals surface area (Å²) in [4.78, 5) is 25.3. The summed E-state index contributed by atoms with van der Waals surface area (Å²) < 4.78 is 5.38. The van der Waals surface area contributed by atoms with Crippen LogP contribution in [-0.2, 0) is 9.53 Å². The van der Waals surface area contributed by atoms with E-state index < -0.39 is 5.60 Å². The van der Waals surface area contributed by atoms with E-state index in [1.165, 1.54) is 0 Å². The average molecular weight is 253 g/mol. The van der Waals surface area contributed by atoms with Crippen molar-refractivity contribution in [3.63, 3.8) is 0 Å². The van der Waals surface area contributed by atoms with Gasteiger partial charge in [0.15, 0.2) is 0 Å². The van der Waals surface area contributed by atoms with Gasteiger partial charge in [-0.05, 0) is 45.4 Å². The molecule has 2 aliphatic rings. The van der Waals surface area contributed by atoms with E-state index in [2.05, 4.69) is 0 Å². The molecule has 1 amide bonds. The van der Waals surface area contributed by atoms with E-state index in [9.17, 15) is 9.59 Å². The van der Waals surface area contributed by atoms with Gasteiger partial charge in [0.2, 0.25) is 0 Å². The Balaban J connectivity index is 1.95. The van der Waals surface area contributed by atoms with E-state index in [4.69, 9.17) is 4.74 Å². The minimum atomic E-state index is -0.449. The number of carbonyl (C=O) groups excluding carboxylic acids is 2. The molecule has 0 N–H and O–H groups in total. The van der Waals surface area contributed by atoms with Gasteiger partial charge >= 0.3 is 6.09 Å². The minimum Gasteiger partial charge on any atom is -0.444 e. The van der Waals surface area contributed by atoms with Gasteiger partial charge in [-0.25, -0.2) is 4.79 Å². The van der Waals surface area contributed by atoms with Gasteiger partial charge in [-0.15, -0.1) is 0 Å². The highest BCUT2D eigenvalue weighted by atomic mass is 16.6. The van der Waals surface area contributed by atoms with Gasteiger partial charge in [0.1, 0.15) is 11.4 Å². The Bertz CT molecular complexity index is 359. The number of hydrogen-bond acceptors (Lipinski definition) is 3. The topological polar surface area (TPSA) is 46.6 Å². The first-order chi connectivity index (χ1) is 8.30. The van der Waals surface area contributed by atoms with Gasteiger partial charge in [0, 0.05) is 25.9 Å². The maximum atomic E-state index is 12.0. The number of Topliss-reactive ketones (excluding diaryl/α,β-unsaturated/α-hetero) is 1. The lowest BCUT2D eigenvalue weighted by Gasteiger charge is -2.32. The molecule has 1 saturated carbocycles. The number of ketones is 1. The lowest BCUT2D eigenvalue weighted by molar-refractivity contribution is -0.123. The SMILES string of the molecule is CC(C)(C)OC(=O)N1CC[C@@]2(CCCC(=O)C2)C1. The predicted molar refractivity (Wildman–Crippen MR) is 68.3 cm³/mol. The molecule has 102 valence electrons. The molecule has 2 rings (SSSR count). The molecular formula is C14H23NO3. The first kappa shape index (κ1) is 13.4. The molecule has 1 atom stereocenters. The number of hydrogen-bond donors (Lipinski definition) is 0. The molecule has 0 aromatic carbocycles. The number of ether oxygens (including phenoxy) is 1. The first-order valence-electron chi connectivity index (χ1n) is 6.79. The quantitative estimate of drug-likeness (QED) is 0.667. The zero-order valence-corrected chi connectivity index (χ0v) is 11.6. The Labute approximate surface area is 109 Å². The van der Waals surface area contributed by atoms with Crippen molar-refractivity contribution in [2.45, 2.75) is 58.5 Å². The van der Waals surface area contributed by atoms with Gasteiger partial charge in [0.25, 0.3) is 0 Å². The zero-order valence-electron chi connectivity index (χ0n) is 11.6. The van der Waals surface area contributed by atoms with Gasteiger partial charge in [-0.3, -0.25) is 4.79 Å². The zero-order chi connectivity index (χ0) is 13.4. The number of likely N-dealkylation sites (tertiary alicyclic amines) is 1. The molecular weight excluding hydrogens is 230 g/mol. The molecule has 1 saturated heterocycles. The second kappa shape index (κ2) is 4.56. The van der Waals surface area contributed by atoms with Crippen molar-refractivity contribution in [3.05, 3.63) is 0 Å². The van der Waals surface area contributed by atoms with E-state index in [1.807, 2.05) is 20.8 Å². The summed E-state index contributed by atoms with van der Waals surface area (Å²) in [6, 6.07) is 0. The van der Waals surface area contributed by atoms with Crippen LogP contribution >= 0.6 is 0 Å². The molecule has 2 fully saturated rings. The minimum absolute atomic E-state index is 0.0479. The third-order valence-electron chi connectivity index (χ3n) is 3.82. The van der Waals surface area contributed by atoms with Crippen LogP contribution in [0.25, 0.3) is 0 Å². The van der Waals surface area contributed by atoms with Crippen molar-refractivity contribution < 1.29 is 14.3 Å². The van der Waals surface area contributed by atoms with Crippen molar-refractivity contribution in [1.82, 2.24) is 4.90 Å². The summed E-state index contributed by atoms with van der Waals surface area (Å²) in [6.07, 6.45) is 4.11. The van der Waals surface area contributed by atoms with Crippen molar-refractivity contribution in [1.29, 1.82) is 0 Å². The van der Waals surface area contributed by atoms with Crippen LogP contribution in [0.4, 0.5) is 4.79 Å². The molecule has 1 spiro atoms. The lowest BCUT2D eigenvalue weighted by Crippen LogP contribution is -2.38. The Morgan fingerprint density at radius 2 is 2.06 bits per heavy atom. The molecule has 18 heavy (non-hydrogen) atoms. The lowest BCUT2D eigenvalue weighted by atomic mass is 9.73. The van der Waals surface area contributed by atoms with Gasteiger partial charge in [-0.2, -0.15) is 0 Å². The highest BCUT2D eigenvalue weighted by Gasteiger charge is 2.43. The third-order valence-corrected chi connectivity index (χ3v) is 3.82. The summed E-state index contributed by atoms with van der Waals surface area (Å²) in [5.41, 5.74) is -0.401. The Morgan fingerprint density at radius 3 is 2.67 bits per heavy atom. The van der Waals surface area contributed by atoms with Crippen molar-refractivity contribution in [2.75, 3.05) is 13.1 Å². The fourth-order valence-electron chi connectivity index (χ4n) is 3.02. The standard InChI is InChI=1S/C14H23NO3/c1-13(2,3)18-12(17)15-8-7-14(10-15)6-4-5-11(16)9-14/h4-10H2,1-3H3/t14-/m1/s1. The van der Waals surface area contributed by atoms with Crippen LogP contribution < -0.4 is 0 Å². The summed E-state index contributed by atoms with van der Waals surface area (Å²) in [5, 5.41) is 0. The van der Waals surface area contributed by atoms with Crippen LogP contribution in [0.1, 0.15) is 52.9 Å². The fraction of sp³-hybridized carbons (Fsp3) is 0.857. The second-order valence-corrected chi connectivity index (χ2v) is 6.72. The largest absolute Gasteiger partial charge is 0.444 e. The highest BCUT2D eigenvalue weighted by molar-refractivity contribution is 5.80. The molecule has 1 heterocycles. The van der Waals surface area contributed by atoms with Gasteiger partial charge in [-0.1, -0.05) is 0 Å². The molecule has 4 heteroatoms. The number of amides is 1. The van der Waals surface area contributed by atoms with Crippen LogP contribution in [0, 0.1) is 5.41 Å². The molecule has 4 nitrogen and oxygen atoms in total. The van der Waals surface area contributed by atoms with Crippen LogP contribution in [0.2, 0.25) is 0 Å². The summed E-state index contributed by atoms with van der Waals surface area (Å²) >= 11 is 0. The smallest absolute Gasteiger partial charge is 0.410 e. The van der Waals surface area contributed by atoms with Crippen LogP contribution in [0.3, 0.4) is 0 Å². The Morgan fingerprint density at radius 1 is 1.33 bits per heavy atom. The molecule has 0 unspecified atom stereocenters. The number of rotatable bonds is 0. The molecule has 1 aliphatic heterocycles. The summed E-state index contributed by atoms with van der Waals surface area (Å²) in [6.45, 7) is 7.04. The Hall–Kier alpha value is -1.06. The third kappa shape index (κ3) is 3.03. The summed E-state index contributed by atoms with van der Waals surface area (Å²) in [5.74, 6) is 0.354. The van der Waals surface area contributed by atoms with E-state index >= 15 is 0 Å². The fourth-order valence-corrected chi connectivity index (χ4v) is 3.02. The Kier molecular flexibility index (Phi) is 3.39. The molecule has 0 aromatic heterocycles. The predicted octanol–water partition coefficient (Wildman–Crippen LogP) is 2.76. The van der Waals surface area contributed by atoms with Crippen LogP contribution in [0.5, 0.6) is 0 Å². The molecule has 0 bridgehead atoms. The van der Waals surface area contributed by atoms with Gasteiger partial charge < -0.3 is 9.64 Å². The summed E-state index contributed by atoms with van der Waals surface area (Å²) in [7, 11) is 0. The van der Waals surface area contributed by atoms with Crippen LogP contribution in [-0.4, -0.2) is 35.5 Å².